The minimum atomic E-state index is 0. The van der Waals surface area contributed by atoms with Crippen molar-refractivity contribution in [2.24, 2.45) is 4.99 Å². The van der Waals surface area contributed by atoms with Crippen LogP contribution in [0.3, 0.4) is 0 Å². The van der Waals surface area contributed by atoms with Crippen LogP contribution in [0.5, 0.6) is 0 Å². The maximum Gasteiger partial charge on any atom is 0.222 e. The van der Waals surface area contributed by atoms with Crippen molar-refractivity contribution < 1.29 is 4.79 Å². The molecule has 0 bridgehead atoms. The van der Waals surface area contributed by atoms with E-state index in [4.69, 9.17) is 0 Å². The number of halogens is 1. The van der Waals surface area contributed by atoms with Crippen LogP contribution < -0.4 is 16.0 Å². The fourth-order valence-electron chi connectivity index (χ4n) is 2.25. The molecule has 0 atom stereocenters. The molecule has 0 radical (unpaired) electrons. The van der Waals surface area contributed by atoms with Crippen LogP contribution in [0.1, 0.15) is 46.0 Å². The van der Waals surface area contributed by atoms with E-state index in [9.17, 15) is 4.79 Å². The second-order valence-corrected chi connectivity index (χ2v) is 5.50. The Labute approximate surface area is 145 Å². The number of nitrogens with one attached hydrogen (secondary N) is 3. The molecule has 1 amide bonds. The van der Waals surface area contributed by atoms with Crippen molar-refractivity contribution >= 4 is 35.8 Å². The molecular weight excluding hydrogens is 379 g/mol. The molecule has 122 valence electrons. The molecule has 1 rings (SSSR count). The first kappa shape index (κ1) is 20.2. The van der Waals surface area contributed by atoms with Gasteiger partial charge in [-0.05, 0) is 26.7 Å². The van der Waals surface area contributed by atoms with Gasteiger partial charge in [-0.2, -0.15) is 0 Å². The van der Waals surface area contributed by atoms with Crippen molar-refractivity contribution in [1.82, 2.24) is 16.0 Å². The van der Waals surface area contributed by atoms with Crippen molar-refractivity contribution in [2.75, 3.05) is 13.1 Å². The third kappa shape index (κ3) is 9.71. The topological polar surface area (TPSA) is 65.5 Å². The van der Waals surface area contributed by atoms with E-state index in [1.165, 1.54) is 25.7 Å². The first-order chi connectivity index (χ1) is 9.61. The molecule has 0 heterocycles. The third-order valence-electron chi connectivity index (χ3n) is 3.17. The average Bonchev–Trinajstić information content (AvgIpc) is 2.87. The predicted molar refractivity (Wildman–Crippen MR) is 99.2 cm³/mol. The molecule has 0 aromatic rings. The molecule has 21 heavy (non-hydrogen) atoms. The van der Waals surface area contributed by atoms with Gasteiger partial charge >= 0.3 is 0 Å². The number of nitrogens with zero attached hydrogens (tertiary/aromatic N) is 1. The fraction of sp³-hybridized carbons (Fsp3) is 0.733. The summed E-state index contributed by atoms with van der Waals surface area (Å²) in [7, 11) is 0. The maximum absolute atomic E-state index is 11.6. The Morgan fingerprint density at radius 3 is 2.62 bits per heavy atom. The van der Waals surface area contributed by atoms with Crippen molar-refractivity contribution in [3.8, 4) is 0 Å². The number of rotatable bonds is 7. The van der Waals surface area contributed by atoms with Gasteiger partial charge in [-0.3, -0.25) is 9.79 Å². The Balaban J connectivity index is 0.00000400. The number of carbonyl (C=O) groups is 1. The van der Waals surface area contributed by atoms with Crippen LogP contribution in [0.25, 0.3) is 0 Å². The van der Waals surface area contributed by atoms with Gasteiger partial charge < -0.3 is 16.0 Å². The molecular formula is C15H29IN4O. The summed E-state index contributed by atoms with van der Waals surface area (Å²) in [5.41, 5.74) is 0. The van der Waals surface area contributed by atoms with Crippen molar-refractivity contribution in [1.29, 1.82) is 0 Å². The normalized spacial score (nSPS) is 15.5. The van der Waals surface area contributed by atoms with E-state index in [0.717, 1.165) is 5.96 Å². The van der Waals surface area contributed by atoms with Gasteiger partial charge in [-0.15, -0.1) is 30.6 Å². The fourth-order valence-corrected chi connectivity index (χ4v) is 2.25. The van der Waals surface area contributed by atoms with Crippen LogP contribution in [0.2, 0.25) is 0 Å². The monoisotopic (exact) mass is 408 g/mol. The molecule has 0 aromatic carbocycles. The zero-order valence-electron chi connectivity index (χ0n) is 13.2. The molecule has 1 aliphatic carbocycles. The summed E-state index contributed by atoms with van der Waals surface area (Å²) in [5, 5.41) is 9.49. The smallest absolute Gasteiger partial charge is 0.222 e. The Morgan fingerprint density at radius 2 is 2.05 bits per heavy atom. The molecule has 1 aliphatic rings. The highest BCUT2D eigenvalue weighted by molar-refractivity contribution is 14.0. The van der Waals surface area contributed by atoms with Gasteiger partial charge in [0.2, 0.25) is 5.91 Å². The second-order valence-electron chi connectivity index (χ2n) is 5.50. The van der Waals surface area contributed by atoms with Gasteiger partial charge in [0.15, 0.2) is 5.96 Å². The van der Waals surface area contributed by atoms with Crippen LogP contribution in [0.4, 0.5) is 0 Å². The molecule has 1 fully saturated rings. The number of hydrogen-bond acceptors (Lipinski definition) is 2. The number of guanidine groups is 1. The van der Waals surface area contributed by atoms with E-state index in [2.05, 4.69) is 27.5 Å². The minimum Gasteiger partial charge on any atom is -0.354 e. The number of carbonyl (C=O) groups excluding carboxylic acids is 1. The summed E-state index contributed by atoms with van der Waals surface area (Å²) in [6.45, 7) is 8.79. The van der Waals surface area contributed by atoms with Crippen molar-refractivity contribution in [3.05, 3.63) is 12.7 Å². The molecule has 5 nitrogen and oxygen atoms in total. The van der Waals surface area contributed by atoms with Gasteiger partial charge in [0, 0.05) is 25.0 Å². The number of hydrogen-bond donors (Lipinski definition) is 3. The van der Waals surface area contributed by atoms with Crippen LogP contribution >= 0.6 is 24.0 Å². The van der Waals surface area contributed by atoms with Gasteiger partial charge in [0.05, 0.1) is 6.54 Å². The highest BCUT2D eigenvalue weighted by Gasteiger charge is 2.15. The maximum atomic E-state index is 11.6. The van der Waals surface area contributed by atoms with E-state index in [-0.39, 0.29) is 35.9 Å². The van der Waals surface area contributed by atoms with Crippen LogP contribution in [-0.2, 0) is 4.79 Å². The van der Waals surface area contributed by atoms with Crippen LogP contribution in [0, 0.1) is 0 Å². The highest BCUT2D eigenvalue weighted by Crippen LogP contribution is 2.17. The Kier molecular flexibility index (Phi) is 11.4. The third-order valence-corrected chi connectivity index (χ3v) is 3.17. The van der Waals surface area contributed by atoms with Gasteiger partial charge in [-0.25, -0.2) is 0 Å². The lowest BCUT2D eigenvalue weighted by molar-refractivity contribution is -0.121. The van der Waals surface area contributed by atoms with Crippen LogP contribution in [0.15, 0.2) is 17.6 Å². The second kappa shape index (κ2) is 11.8. The molecule has 0 spiro atoms. The molecule has 1 saturated carbocycles. The summed E-state index contributed by atoms with van der Waals surface area (Å²) in [6, 6.07) is 0.692. The van der Waals surface area contributed by atoms with Crippen molar-refractivity contribution in [2.45, 2.75) is 58.0 Å². The zero-order valence-corrected chi connectivity index (χ0v) is 15.5. The molecule has 3 N–H and O–H groups in total. The van der Waals surface area contributed by atoms with E-state index in [1.54, 1.807) is 6.08 Å². The summed E-state index contributed by atoms with van der Waals surface area (Å²) in [5.74, 6) is 0.835. The number of amides is 1. The Hall–Kier alpha value is -0.790. The number of aliphatic imine (C=N–C) groups is 1. The average molecular weight is 408 g/mol. The zero-order chi connectivity index (χ0) is 14.8. The first-order valence-corrected chi connectivity index (χ1v) is 7.57. The minimum absolute atomic E-state index is 0. The highest BCUT2D eigenvalue weighted by atomic mass is 127. The van der Waals surface area contributed by atoms with E-state index < -0.39 is 0 Å². The SMILES string of the molecule is C=CCNC(=NCCC(=O)NC(C)C)NC1CCCC1.I. The summed E-state index contributed by atoms with van der Waals surface area (Å²) >= 11 is 0. The van der Waals surface area contributed by atoms with Crippen molar-refractivity contribution in [3.63, 3.8) is 0 Å². The van der Waals surface area contributed by atoms with Gasteiger partial charge in [-0.1, -0.05) is 18.9 Å². The van der Waals surface area contributed by atoms with Crippen LogP contribution in [-0.4, -0.2) is 37.0 Å². The van der Waals surface area contributed by atoms with E-state index >= 15 is 0 Å². The largest absolute Gasteiger partial charge is 0.354 e. The molecule has 0 aromatic heterocycles. The lowest BCUT2D eigenvalue weighted by Crippen LogP contribution is -2.42. The van der Waals surface area contributed by atoms with Gasteiger partial charge in [0.25, 0.3) is 0 Å². The molecule has 0 unspecified atom stereocenters. The first-order valence-electron chi connectivity index (χ1n) is 7.57. The lowest BCUT2D eigenvalue weighted by Gasteiger charge is -2.16. The summed E-state index contributed by atoms with van der Waals surface area (Å²) in [6.07, 6.45) is 7.18. The molecule has 0 saturated heterocycles. The lowest BCUT2D eigenvalue weighted by atomic mass is 10.2. The quantitative estimate of drug-likeness (QED) is 0.262. The molecule has 6 heteroatoms. The van der Waals surface area contributed by atoms with E-state index in [0.29, 0.717) is 25.6 Å². The Morgan fingerprint density at radius 1 is 1.38 bits per heavy atom. The van der Waals surface area contributed by atoms with E-state index in [1.807, 2.05) is 13.8 Å². The summed E-state index contributed by atoms with van der Waals surface area (Å²) in [4.78, 5) is 16.0. The Bertz CT molecular complexity index is 339. The predicted octanol–water partition coefficient (Wildman–Crippen LogP) is 2.18. The molecule has 0 aliphatic heterocycles. The van der Waals surface area contributed by atoms with Gasteiger partial charge in [0.1, 0.15) is 0 Å². The standard InChI is InChI=1S/C15H28N4O.HI/c1-4-10-16-15(19-13-7-5-6-8-13)17-11-9-14(20)18-12(2)3;/h4,12-13H,1,5-11H2,2-3H3,(H,18,20)(H2,16,17,19);1H. The summed E-state index contributed by atoms with van der Waals surface area (Å²) < 4.78 is 0.